The van der Waals surface area contributed by atoms with E-state index >= 15 is 0 Å². The van der Waals surface area contributed by atoms with Crippen LogP contribution in [0.4, 0.5) is 0 Å². The lowest BCUT2D eigenvalue weighted by Gasteiger charge is -2.28. The first kappa shape index (κ1) is 19.5. The molecule has 0 bridgehead atoms. The van der Waals surface area contributed by atoms with Crippen molar-refractivity contribution in [2.75, 3.05) is 20.1 Å². The number of rotatable bonds is 5. The van der Waals surface area contributed by atoms with Gasteiger partial charge in [-0.3, -0.25) is 4.79 Å². The number of nitrogens with zero attached hydrogens (tertiary/aromatic N) is 3. The Morgan fingerprint density at radius 3 is 2.74 bits per heavy atom. The number of amides is 1. The van der Waals surface area contributed by atoms with E-state index in [4.69, 9.17) is 17.3 Å². The van der Waals surface area contributed by atoms with E-state index < -0.39 is 0 Å². The molecule has 0 unspecified atom stereocenters. The quantitative estimate of drug-likeness (QED) is 0.895. The predicted octanol–water partition coefficient (Wildman–Crippen LogP) is 3.00. The second kappa shape index (κ2) is 7.81. The fraction of sp³-hybridized carbons (Fsp3) is 0.375. The number of carbonyl (C=O) groups is 1. The van der Waals surface area contributed by atoms with Gasteiger partial charge < -0.3 is 10.6 Å². The summed E-state index contributed by atoms with van der Waals surface area (Å²) in [6, 6.07) is 7.32. The molecule has 0 fully saturated rings. The highest BCUT2D eigenvalue weighted by Gasteiger charge is 2.22. The Balaban J connectivity index is 0.00000264. The molecule has 1 aromatic heterocycles. The third-order valence-corrected chi connectivity index (χ3v) is 3.70. The molecular weight excluding hydrogens is 335 g/mol. The molecule has 5 nitrogen and oxygen atoms in total. The van der Waals surface area contributed by atoms with Gasteiger partial charge in [-0.2, -0.15) is 5.10 Å². The van der Waals surface area contributed by atoms with Crippen molar-refractivity contribution in [2.24, 2.45) is 11.1 Å². The van der Waals surface area contributed by atoms with Gasteiger partial charge in [0.1, 0.15) is 0 Å². The molecule has 0 saturated heterocycles. The van der Waals surface area contributed by atoms with E-state index in [9.17, 15) is 4.79 Å². The van der Waals surface area contributed by atoms with Crippen molar-refractivity contribution in [2.45, 2.75) is 13.8 Å². The molecule has 0 aliphatic heterocycles. The third-order valence-electron chi connectivity index (χ3n) is 3.47. The second-order valence-corrected chi connectivity index (χ2v) is 6.62. The summed E-state index contributed by atoms with van der Waals surface area (Å²) in [5, 5.41) is 4.86. The zero-order valence-corrected chi connectivity index (χ0v) is 15.1. The minimum atomic E-state index is -0.118. The van der Waals surface area contributed by atoms with Gasteiger partial charge >= 0.3 is 0 Å². The SMILES string of the molecule is CN(CC(C)(C)CN)C(=O)c1cnn(-c2cccc(Cl)c2)c1.Cl. The minimum Gasteiger partial charge on any atom is -0.341 e. The summed E-state index contributed by atoms with van der Waals surface area (Å²) in [5.74, 6) is -0.0743. The lowest BCUT2D eigenvalue weighted by Crippen LogP contribution is -2.39. The van der Waals surface area contributed by atoms with Crippen molar-refractivity contribution in [3.05, 3.63) is 47.2 Å². The van der Waals surface area contributed by atoms with Crippen LogP contribution in [0.15, 0.2) is 36.7 Å². The molecule has 0 aliphatic rings. The van der Waals surface area contributed by atoms with Crippen molar-refractivity contribution < 1.29 is 4.79 Å². The van der Waals surface area contributed by atoms with Crippen LogP contribution in [0.1, 0.15) is 24.2 Å². The van der Waals surface area contributed by atoms with Gasteiger partial charge in [0.2, 0.25) is 0 Å². The smallest absolute Gasteiger partial charge is 0.256 e. The first-order chi connectivity index (χ1) is 10.3. The fourth-order valence-corrected chi connectivity index (χ4v) is 2.38. The molecule has 7 heteroatoms. The Hall–Kier alpha value is -1.56. The lowest BCUT2D eigenvalue weighted by atomic mass is 9.93. The van der Waals surface area contributed by atoms with Gasteiger partial charge in [0.25, 0.3) is 5.91 Å². The summed E-state index contributed by atoms with van der Waals surface area (Å²) in [4.78, 5) is 14.1. The van der Waals surface area contributed by atoms with Crippen molar-refractivity contribution >= 4 is 29.9 Å². The van der Waals surface area contributed by atoms with E-state index in [1.54, 1.807) is 41.2 Å². The molecule has 0 spiro atoms. The Labute approximate surface area is 147 Å². The van der Waals surface area contributed by atoms with Gasteiger partial charge in [-0.1, -0.05) is 31.5 Å². The summed E-state index contributed by atoms with van der Waals surface area (Å²) in [6.07, 6.45) is 3.27. The van der Waals surface area contributed by atoms with Crippen LogP contribution in [0.3, 0.4) is 0 Å². The Morgan fingerprint density at radius 2 is 2.13 bits per heavy atom. The Bertz CT molecular complexity index is 670. The minimum absolute atomic E-state index is 0. The van der Waals surface area contributed by atoms with Gasteiger partial charge in [-0.15, -0.1) is 12.4 Å². The maximum atomic E-state index is 12.5. The molecule has 0 aliphatic carbocycles. The zero-order valence-electron chi connectivity index (χ0n) is 13.5. The van der Waals surface area contributed by atoms with Crippen molar-refractivity contribution in [3.63, 3.8) is 0 Å². The summed E-state index contributed by atoms with van der Waals surface area (Å²) < 4.78 is 1.64. The number of carbonyl (C=O) groups excluding carboxylic acids is 1. The van der Waals surface area contributed by atoms with E-state index in [-0.39, 0.29) is 23.7 Å². The highest BCUT2D eigenvalue weighted by molar-refractivity contribution is 6.30. The molecular formula is C16H22Cl2N4O. The van der Waals surface area contributed by atoms with Crippen LogP contribution in [0.5, 0.6) is 0 Å². The van der Waals surface area contributed by atoms with E-state index in [0.717, 1.165) is 5.69 Å². The predicted molar refractivity (Wildman–Crippen MR) is 95.6 cm³/mol. The van der Waals surface area contributed by atoms with Crippen LogP contribution in [0.2, 0.25) is 5.02 Å². The average molecular weight is 357 g/mol. The topological polar surface area (TPSA) is 64.2 Å². The molecule has 0 saturated carbocycles. The van der Waals surface area contributed by atoms with E-state index in [1.165, 1.54) is 0 Å². The third kappa shape index (κ3) is 4.96. The number of nitrogens with two attached hydrogens (primary N) is 1. The second-order valence-electron chi connectivity index (χ2n) is 6.18. The lowest BCUT2D eigenvalue weighted by molar-refractivity contribution is 0.0740. The molecule has 0 atom stereocenters. The maximum Gasteiger partial charge on any atom is 0.256 e. The highest BCUT2D eigenvalue weighted by Crippen LogP contribution is 2.17. The van der Waals surface area contributed by atoms with Crippen molar-refractivity contribution in [3.8, 4) is 5.69 Å². The molecule has 1 aromatic carbocycles. The first-order valence-electron chi connectivity index (χ1n) is 7.08. The van der Waals surface area contributed by atoms with Gasteiger partial charge in [0.05, 0.1) is 17.4 Å². The van der Waals surface area contributed by atoms with Crippen LogP contribution in [-0.4, -0.2) is 40.7 Å². The monoisotopic (exact) mass is 356 g/mol. The summed E-state index contributed by atoms with van der Waals surface area (Å²) in [6.45, 7) is 5.18. The molecule has 2 aromatic rings. The van der Waals surface area contributed by atoms with Crippen LogP contribution in [-0.2, 0) is 0 Å². The van der Waals surface area contributed by atoms with Crippen LogP contribution in [0.25, 0.3) is 5.69 Å². The molecule has 1 heterocycles. The molecule has 1 amide bonds. The van der Waals surface area contributed by atoms with Gasteiger partial charge in [0, 0.05) is 24.8 Å². The summed E-state index contributed by atoms with van der Waals surface area (Å²) in [7, 11) is 1.77. The van der Waals surface area contributed by atoms with E-state index in [2.05, 4.69) is 5.10 Å². The van der Waals surface area contributed by atoms with Crippen LogP contribution < -0.4 is 5.73 Å². The number of aromatic nitrogens is 2. The first-order valence-corrected chi connectivity index (χ1v) is 7.46. The van der Waals surface area contributed by atoms with Crippen molar-refractivity contribution in [1.29, 1.82) is 0 Å². The molecule has 2 N–H and O–H groups in total. The Kier molecular flexibility index (Phi) is 6.62. The summed E-state index contributed by atoms with van der Waals surface area (Å²) in [5.41, 5.74) is 6.96. The number of halogens is 2. The average Bonchev–Trinajstić information content (AvgIpc) is 2.95. The molecule has 23 heavy (non-hydrogen) atoms. The fourth-order valence-electron chi connectivity index (χ4n) is 2.19. The summed E-state index contributed by atoms with van der Waals surface area (Å²) >= 11 is 5.98. The maximum absolute atomic E-state index is 12.5. The number of hydrogen-bond donors (Lipinski definition) is 1. The van der Waals surface area contributed by atoms with E-state index in [0.29, 0.717) is 23.7 Å². The number of benzene rings is 1. The Morgan fingerprint density at radius 1 is 1.43 bits per heavy atom. The standard InChI is InChI=1S/C16H21ClN4O.ClH/c1-16(2,10-18)11-20(3)15(22)12-8-19-21(9-12)14-6-4-5-13(17)7-14;/h4-9H,10-11,18H2,1-3H3;1H. The van der Waals surface area contributed by atoms with Gasteiger partial charge in [0.15, 0.2) is 0 Å². The molecule has 2 rings (SSSR count). The largest absolute Gasteiger partial charge is 0.341 e. The van der Waals surface area contributed by atoms with E-state index in [1.807, 2.05) is 26.0 Å². The molecule has 0 radical (unpaired) electrons. The van der Waals surface area contributed by atoms with Crippen LogP contribution >= 0.6 is 24.0 Å². The highest BCUT2D eigenvalue weighted by atomic mass is 35.5. The molecule has 126 valence electrons. The zero-order chi connectivity index (χ0) is 16.3. The normalized spacial score (nSPS) is 11.0. The van der Waals surface area contributed by atoms with Gasteiger partial charge in [-0.25, -0.2) is 4.68 Å². The van der Waals surface area contributed by atoms with Gasteiger partial charge in [-0.05, 0) is 30.2 Å². The van der Waals surface area contributed by atoms with Crippen LogP contribution in [0, 0.1) is 5.41 Å². The number of hydrogen-bond acceptors (Lipinski definition) is 3. The van der Waals surface area contributed by atoms with Crippen molar-refractivity contribution in [1.82, 2.24) is 14.7 Å².